The first-order valence-corrected chi connectivity index (χ1v) is 11.1. The number of hydrogen-bond acceptors (Lipinski definition) is 7. The van der Waals surface area contributed by atoms with Crippen molar-refractivity contribution in [3.8, 4) is 27.8 Å². The molecule has 3 rings (SSSR count). The Morgan fingerprint density at radius 2 is 1.57 bits per heavy atom. The molecule has 158 valence electrons. The molecule has 0 atom stereocenters. The highest BCUT2D eigenvalue weighted by Crippen LogP contribution is 2.39. The molecule has 0 spiro atoms. The number of benzene rings is 2. The fraction of sp³-hybridized carbons (Fsp3) is 0.286. The first kappa shape index (κ1) is 22.0. The summed E-state index contributed by atoms with van der Waals surface area (Å²) in [6, 6.07) is 11.0. The zero-order valence-corrected chi connectivity index (χ0v) is 19.3. The Bertz CT molecular complexity index is 981. The lowest BCUT2D eigenvalue weighted by Crippen LogP contribution is -2.13. The minimum Gasteiger partial charge on any atom is -0.490 e. The first-order valence-electron chi connectivity index (χ1n) is 9.52. The van der Waals surface area contributed by atoms with E-state index in [0.717, 1.165) is 15.0 Å². The van der Waals surface area contributed by atoms with Gasteiger partial charge in [-0.05, 0) is 45.0 Å². The number of amides is 1. The van der Waals surface area contributed by atoms with E-state index in [-0.39, 0.29) is 5.91 Å². The maximum atomic E-state index is 12.9. The number of halogens is 1. The zero-order chi connectivity index (χ0) is 21.5. The molecule has 30 heavy (non-hydrogen) atoms. The summed E-state index contributed by atoms with van der Waals surface area (Å²) in [5.74, 6) is 1.08. The molecular formula is C21H22BrN3O4S. The largest absolute Gasteiger partial charge is 0.490 e. The fourth-order valence-electron chi connectivity index (χ4n) is 2.67. The normalized spacial score (nSPS) is 10.5. The highest BCUT2D eigenvalue weighted by atomic mass is 79.9. The summed E-state index contributed by atoms with van der Waals surface area (Å²) < 4.78 is 18.0. The number of ether oxygens (including phenoxy) is 3. The summed E-state index contributed by atoms with van der Waals surface area (Å²) in [5, 5.41) is 12.2. The van der Waals surface area contributed by atoms with Gasteiger partial charge in [-0.1, -0.05) is 39.4 Å². The van der Waals surface area contributed by atoms with Crippen molar-refractivity contribution in [2.24, 2.45) is 0 Å². The number of nitrogens with one attached hydrogen (secondary N) is 1. The van der Waals surface area contributed by atoms with Gasteiger partial charge in [0.25, 0.3) is 5.91 Å². The van der Waals surface area contributed by atoms with Gasteiger partial charge in [0.1, 0.15) is 5.01 Å². The van der Waals surface area contributed by atoms with Gasteiger partial charge in [-0.15, -0.1) is 10.2 Å². The van der Waals surface area contributed by atoms with E-state index in [0.29, 0.717) is 47.8 Å². The van der Waals surface area contributed by atoms with Crippen molar-refractivity contribution in [3.63, 3.8) is 0 Å². The van der Waals surface area contributed by atoms with Crippen LogP contribution in [0.2, 0.25) is 0 Å². The van der Waals surface area contributed by atoms with E-state index in [1.54, 1.807) is 12.1 Å². The first-order chi connectivity index (χ1) is 14.5. The van der Waals surface area contributed by atoms with Gasteiger partial charge < -0.3 is 14.2 Å². The lowest BCUT2D eigenvalue weighted by Gasteiger charge is -2.16. The second-order valence-corrected chi connectivity index (χ2v) is 7.87. The molecule has 0 radical (unpaired) electrons. The summed E-state index contributed by atoms with van der Waals surface area (Å²) in [7, 11) is 0. The third-order valence-corrected chi connectivity index (χ3v) is 5.32. The molecule has 3 aromatic rings. The van der Waals surface area contributed by atoms with E-state index in [2.05, 4.69) is 31.4 Å². The number of hydrogen-bond donors (Lipinski definition) is 1. The molecule has 0 aliphatic heterocycles. The third-order valence-electron chi connectivity index (χ3n) is 3.91. The van der Waals surface area contributed by atoms with E-state index in [9.17, 15) is 4.79 Å². The standard InChI is InChI=1S/C21H22BrN3O4S/c1-4-27-16-11-14(12-17(28-5-2)18(16)29-6-3)19(26)23-21-25-24-20(30-21)13-7-9-15(22)10-8-13/h7-12H,4-6H2,1-3H3,(H,23,25,26). The minimum absolute atomic E-state index is 0.335. The van der Waals surface area contributed by atoms with Gasteiger partial charge in [-0.25, -0.2) is 0 Å². The number of nitrogens with zero attached hydrogens (tertiary/aromatic N) is 2. The molecule has 0 fully saturated rings. The van der Waals surface area contributed by atoms with Gasteiger partial charge >= 0.3 is 0 Å². The summed E-state index contributed by atoms with van der Waals surface area (Å²) in [6.45, 7) is 6.94. The highest BCUT2D eigenvalue weighted by Gasteiger charge is 2.19. The Labute approximate surface area is 187 Å². The quantitative estimate of drug-likeness (QED) is 0.430. The van der Waals surface area contributed by atoms with E-state index in [1.807, 2.05) is 45.0 Å². The maximum absolute atomic E-state index is 12.9. The second-order valence-electron chi connectivity index (χ2n) is 5.97. The Morgan fingerprint density at radius 3 is 2.13 bits per heavy atom. The summed E-state index contributed by atoms with van der Waals surface area (Å²) in [4.78, 5) is 12.9. The van der Waals surface area contributed by atoms with Crippen LogP contribution in [0.1, 0.15) is 31.1 Å². The van der Waals surface area contributed by atoms with Gasteiger partial charge in [0.15, 0.2) is 11.5 Å². The van der Waals surface area contributed by atoms with E-state index < -0.39 is 0 Å². The molecule has 7 nitrogen and oxygen atoms in total. The second kappa shape index (κ2) is 10.4. The van der Waals surface area contributed by atoms with Crippen molar-refractivity contribution in [1.82, 2.24) is 10.2 Å². The SMILES string of the molecule is CCOc1cc(C(=O)Nc2nnc(-c3ccc(Br)cc3)s2)cc(OCC)c1OCC. The average Bonchev–Trinajstić information content (AvgIpc) is 3.19. The molecular weight excluding hydrogens is 470 g/mol. The van der Waals surface area contributed by atoms with Crippen LogP contribution in [0.5, 0.6) is 17.2 Å². The highest BCUT2D eigenvalue weighted by molar-refractivity contribution is 9.10. The molecule has 9 heteroatoms. The van der Waals surface area contributed by atoms with Gasteiger partial charge in [0.05, 0.1) is 19.8 Å². The average molecular weight is 492 g/mol. The van der Waals surface area contributed by atoms with Crippen LogP contribution in [0.15, 0.2) is 40.9 Å². The number of aromatic nitrogens is 2. The van der Waals surface area contributed by atoms with Gasteiger partial charge in [0.2, 0.25) is 10.9 Å². The fourth-order valence-corrected chi connectivity index (χ4v) is 3.68. The molecule has 1 aromatic heterocycles. The van der Waals surface area contributed by atoms with Crippen LogP contribution in [-0.4, -0.2) is 35.9 Å². The van der Waals surface area contributed by atoms with Crippen LogP contribution < -0.4 is 19.5 Å². The molecule has 1 amide bonds. The van der Waals surface area contributed by atoms with Gasteiger partial charge in [-0.3, -0.25) is 10.1 Å². The van der Waals surface area contributed by atoms with E-state index in [4.69, 9.17) is 14.2 Å². The zero-order valence-electron chi connectivity index (χ0n) is 16.9. The van der Waals surface area contributed by atoms with Gasteiger partial charge in [0, 0.05) is 15.6 Å². The van der Waals surface area contributed by atoms with E-state index in [1.165, 1.54) is 11.3 Å². The topological polar surface area (TPSA) is 82.6 Å². The van der Waals surface area contributed by atoms with Crippen molar-refractivity contribution in [2.45, 2.75) is 20.8 Å². The molecule has 0 saturated carbocycles. The van der Waals surface area contributed by atoms with Crippen LogP contribution in [0.4, 0.5) is 5.13 Å². The van der Waals surface area contributed by atoms with Crippen LogP contribution in [0.25, 0.3) is 10.6 Å². The van der Waals surface area contributed by atoms with Crippen molar-refractivity contribution in [3.05, 3.63) is 46.4 Å². The predicted molar refractivity (Wildman–Crippen MR) is 121 cm³/mol. The van der Waals surface area contributed by atoms with Crippen molar-refractivity contribution >= 4 is 38.3 Å². The number of carbonyl (C=O) groups is 1. The van der Waals surface area contributed by atoms with Crippen molar-refractivity contribution < 1.29 is 19.0 Å². The lowest BCUT2D eigenvalue weighted by molar-refractivity contribution is 0.102. The molecule has 0 unspecified atom stereocenters. The summed E-state index contributed by atoms with van der Waals surface area (Å²) in [5.41, 5.74) is 1.31. The minimum atomic E-state index is -0.335. The maximum Gasteiger partial charge on any atom is 0.257 e. The van der Waals surface area contributed by atoms with Crippen molar-refractivity contribution in [2.75, 3.05) is 25.1 Å². The Kier molecular flexibility index (Phi) is 7.64. The molecule has 0 bridgehead atoms. The Morgan fingerprint density at radius 1 is 0.967 bits per heavy atom. The molecule has 0 aliphatic carbocycles. The lowest BCUT2D eigenvalue weighted by atomic mass is 10.1. The number of rotatable bonds is 9. The summed E-state index contributed by atoms with van der Waals surface area (Å²) in [6.07, 6.45) is 0. The molecule has 1 N–H and O–H groups in total. The van der Waals surface area contributed by atoms with Crippen molar-refractivity contribution in [1.29, 1.82) is 0 Å². The molecule has 0 saturated heterocycles. The predicted octanol–water partition coefficient (Wildman–Crippen LogP) is 5.42. The molecule has 1 heterocycles. The van der Waals surface area contributed by atoms with Crippen LogP contribution in [-0.2, 0) is 0 Å². The van der Waals surface area contributed by atoms with Crippen LogP contribution in [0, 0.1) is 0 Å². The molecule has 0 aliphatic rings. The monoisotopic (exact) mass is 491 g/mol. The number of anilines is 1. The van der Waals surface area contributed by atoms with Gasteiger partial charge in [-0.2, -0.15) is 0 Å². The Hall–Kier alpha value is -2.65. The Balaban J connectivity index is 1.85. The summed E-state index contributed by atoms with van der Waals surface area (Å²) >= 11 is 4.71. The third kappa shape index (κ3) is 5.28. The van der Waals surface area contributed by atoms with Crippen LogP contribution in [0.3, 0.4) is 0 Å². The van der Waals surface area contributed by atoms with E-state index >= 15 is 0 Å². The smallest absolute Gasteiger partial charge is 0.257 e. The number of carbonyl (C=O) groups excluding carboxylic acids is 1. The molecule has 2 aromatic carbocycles. The van der Waals surface area contributed by atoms with Crippen LogP contribution >= 0.6 is 27.3 Å².